The first kappa shape index (κ1) is 19.6. The minimum absolute atomic E-state index is 0.0263. The van der Waals surface area contributed by atoms with Crippen LogP contribution in [0.1, 0.15) is 39.7 Å². The van der Waals surface area contributed by atoms with Crippen molar-refractivity contribution in [1.29, 1.82) is 0 Å². The molecule has 2 rings (SSSR count). The summed E-state index contributed by atoms with van der Waals surface area (Å²) in [5.41, 5.74) is 15.7. The maximum atomic E-state index is 8.74. The number of rotatable bonds is 1. The lowest BCUT2D eigenvalue weighted by atomic mass is 9.62. The standard InChI is InChI=1S/C16H24N2.H2O4S/c1-15(2)9-12(10-16(3,4)14(15)18)11-5-7-13(17)8-6-11;1-5(2,3)4/h5-9,14H,10,17-18H2,1-4H3;(H2,1,2,3,4). The normalized spacial score (nSPS) is 22.6. The van der Waals surface area contributed by atoms with E-state index in [-0.39, 0.29) is 16.9 Å². The molecule has 1 aromatic carbocycles. The molecule has 0 spiro atoms. The van der Waals surface area contributed by atoms with Crippen molar-refractivity contribution in [3.05, 3.63) is 35.9 Å². The molecule has 1 aliphatic rings. The van der Waals surface area contributed by atoms with Gasteiger partial charge in [0.25, 0.3) is 0 Å². The van der Waals surface area contributed by atoms with Crippen molar-refractivity contribution in [3.63, 3.8) is 0 Å². The first-order chi connectivity index (χ1) is 10.2. The van der Waals surface area contributed by atoms with Gasteiger partial charge in [-0.3, -0.25) is 9.11 Å². The molecule has 0 aliphatic heterocycles. The molecule has 0 saturated carbocycles. The van der Waals surface area contributed by atoms with Gasteiger partial charge in [-0.1, -0.05) is 45.9 Å². The van der Waals surface area contributed by atoms with Gasteiger partial charge in [0.2, 0.25) is 0 Å². The van der Waals surface area contributed by atoms with E-state index >= 15 is 0 Å². The molecule has 23 heavy (non-hydrogen) atoms. The quantitative estimate of drug-likeness (QED) is 0.459. The smallest absolute Gasteiger partial charge is 0.394 e. The van der Waals surface area contributed by atoms with Crippen LogP contribution in [0, 0.1) is 10.8 Å². The molecule has 0 saturated heterocycles. The SMILES string of the molecule is CC1(C)C=C(c2ccc(N)cc2)CC(C)(C)C1N.O=S(=O)(O)O. The summed E-state index contributed by atoms with van der Waals surface area (Å²) in [4.78, 5) is 0. The Bertz CT molecular complexity index is 669. The molecule has 6 nitrogen and oxygen atoms in total. The lowest BCUT2D eigenvalue weighted by Gasteiger charge is -2.46. The Morgan fingerprint density at radius 3 is 1.91 bits per heavy atom. The number of hydrogen-bond acceptors (Lipinski definition) is 4. The van der Waals surface area contributed by atoms with Crippen LogP contribution >= 0.6 is 0 Å². The van der Waals surface area contributed by atoms with Gasteiger partial charge in [0.1, 0.15) is 0 Å². The highest BCUT2D eigenvalue weighted by Gasteiger charge is 2.41. The van der Waals surface area contributed by atoms with Crippen LogP contribution < -0.4 is 11.5 Å². The highest BCUT2D eigenvalue weighted by atomic mass is 32.3. The summed E-state index contributed by atoms with van der Waals surface area (Å²) in [6.45, 7) is 8.94. The number of nitrogen functional groups attached to an aromatic ring is 1. The van der Waals surface area contributed by atoms with E-state index in [4.69, 9.17) is 29.0 Å². The highest BCUT2D eigenvalue weighted by Crippen LogP contribution is 2.46. The predicted molar refractivity (Wildman–Crippen MR) is 93.2 cm³/mol. The van der Waals surface area contributed by atoms with Crippen LogP contribution in [0.5, 0.6) is 0 Å². The minimum atomic E-state index is -4.67. The molecular formula is C16H26N2O4S. The molecule has 1 atom stereocenters. The molecule has 0 radical (unpaired) electrons. The van der Waals surface area contributed by atoms with Crippen LogP contribution in [0.15, 0.2) is 30.3 Å². The van der Waals surface area contributed by atoms with Crippen LogP contribution in [0.4, 0.5) is 5.69 Å². The number of nitrogens with two attached hydrogens (primary N) is 2. The molecule has 0 fully saturated rings. The van der Waals surface area contributed by atoms with Gasteiger partial charge in [-0.05, 0) is 40.5 Å². The van der Waals surface area contributed by atoms with Gasteiger partial charge in [-0.25, -0.2) is 0 Å². The fourth-order valence-electron chi connectivity index (χ4n) is 3.08. The van der Waals surface area contributed by atoms with Crippen LogP contribution in [-0.2, 0) is 10.4 Å². The maximum absolute atomic E-state index is 8.74. The third-order valence-corrected chi connectivity index (χ3v) is 4.12. The van der Waals surface area contributed by atoms with Gasteiger partial charge in [-0.2, -0.15) is 8.42 Å². The Morgan fingerprint density at radius 2 is 1.52 bits per heavy atom. The third-order valence-electron chi connectivity index (χ3n) is 4.12. The summed E-state index contributed by atoms with van der Waals surface area (Å²) in [6.07, 6.45) is 3.34. The molecule has 0 bridgehead atoms. The van der Waals surface area contributed by atoms with E-state index in [1.54, 1.807) is 0 Å². The average molecular weight is 342 g/mol. The maximum Gasteiger partial charge on any atom is 0.394 e. The number of allylic oxidation sites excluding steroid dienone is 1. The van der Waals surface area contributed by atoms with Gasteiger partial charge < -0.3 is 11.5 Å². The van der Waals surface area contributed by atoms with Crippen molar-refractivity contribution >= 4 is 21.7 Å². The van der Waals surface area contributed by atoms with E-state index in [1.807, 2.05) is 12.1 Å². The van der Waals surface area contributed by atoms with Crippen LogP contribution in [0.25, 0.3) is 5.57 Å². The second-order valence-corrected chi connectivity index (χ2v) is 8.10. The van der Waals surface area contributed by atoms with Crippen LogP contribution in [0.3, 0.4) is 0 Å². The van der Waals surface area contributed by atoms with E-state index in [0.29, 0.717) is 0 Å². The van der Waals surface area contributed by atoms with Gasteiger partial charge in [0.05, 0.1) is 0 Å². The molecule has 130 valence electrons. The zero-order valence-electron chi connectivity index (χ0n) is 13.9. The fourth-order valence-corrected chi connectivity index (χ4v) is 3.08. The van der Waals surface area contributed by atoms with Crippen LogP contribution in [0.2, 0.25) is 0 Å². The van der Waals surface area contributed by atoms with Gasteiger partial charge >= 0.3 is 10.4 Å². The summed E-state index contributed by atoms with van der Waals surface area (Å²) in [5.74, 6) is 0. The largest absolute Gasteiger partial charge is 0.399 e. The Hall–Kier alpha value is -1.41. The van der Waals surface area contributed by atoms with E-state index in [2.05, 4.69) is 45.9 Å². The number of anilines is 1. The van der Waals surface area contributed by atoms with E-state index in [9.17, 15) is 0 Å². The zero-order valence-corrected chi connectivity index (χ0v) is 14.8. The number of benzene rings is 1. The van der Waals surface area contributed by atoms with Crippen molar-refractivity contribution in [2.75, 3.05) is 5.73 Å². The fraction of sp³-hybridized carbons (Fsp3) is 0.500. The van der Waals surface area contributed by atoms with Crippen molar-refractivity contribution in [2.45, 2.75) is 40.2 Å². The molecular weight excluding hydrogens is 316 g/mol. The summed E-state index contributed by atoms with van der Waals surface area (Å²) in [5, 5.41) is 0. The molecule has 1 aromatic rings. The van der Waals surface area contributed by atoms with E-state index < -0.39 is 10.4 Å². The predicted octanol–water partition coefficient (Wildman–Crippen LogP) is 2.78. The molecule has 0 aromatic heterocycles. The van der Waals surface area contributed by atoms with Gasteiger partial charge in [0, 0.05) is 11.7 Å². The van der Waals surface area contributed by atoms with Crippen molar-refractivity contribution in [2.24, 2.45) is 16.6 Å². The van der Waals surface area contributed by atoms with Crippen molar-refractivity contribution in [1.82, 2.24) is 0 Å². The van der Waals surface area contributed by atoms with Crippen molar-refractivity contribution in [3.8, 4) is 0 Å². The Labute approximate surface area is 138 Å². The van der Waals surface area contributed by atoms with Gasteiger partial charge in [0.15, 0.2) is 0 Å². The van der Waals surface area contributed by atoms with Gasteiger partial charge in [-0.15, -0.1) is 0 Å². The molecule has 0 amide bonds. The first-order valence-corrected chi connectivity index (χ1v) is 8.65. The van der Waals surface area contributed by atoms with Crippen LogP contribution in [-0.4, -0.2) is 23.6 Å². The average Bonchev–Trinajstić information content (AvgIpc) is 2.34. The molecule has 1 aliphatic carbocycles. The lowest BCUT2D eigenvalue weighted by molar-refractivity contribution is 0.176. The summed E-state index contributed by atoms with van der Waals surface area (Å²) >= 11 is 0. The molecule has 1 unspecified atom stereocenters. The summed E-state index contributed by atoms with van der Waals surface area (Å²) in [6, 6.07) is 8.31. The monoisotopic (exact) mass is 342 g/mol. The topological polar surface area (TPSA) is 127 Å². The molecule has 0 heterocycles. The first-order valence-electron chi connectivity index (χ1n) is 7.25. The van der Waals surface area contributed by atoms with E-state index in [0.717, 1.165) is 12.1 Å². The highest BCUT2D eigenvalue weighted by molar-refractivity contribution is 7.79. The molecule has 6 N–H and O–H groups in total. The second kappa shape index (κ2) is 6.60. The Kier molecular flexibility index (Phi) is 5.64. The zero-order chi connectivity index (χ0) is 18.1. The number of hydrogen-bond donors (Lipinski definition) is 4. The van der Waals surface area contributed by atoms with Crippen molar-refractivity contribution < 1.29 is 17.5 Å². The minimum Gasteiger partial charge on any atom is -0.399 e. The lowest BCUT2D eigenvalue weighted by Crippen LogP contribution is -2.49. The Morgan fingerprint density at radius 1 is 1.09 bits per heavy atom. The summed E-state index contributed by atoms with van der Waals surface area (Å²) < 4.78 is 31.6. The van der Waals surface area contributed by atoms with E-state index in [1.165, 1.54) is 11.1 Å². The Balaban J connectivity index is 0.000000463. The third kappa shape index (κ3) is 5.95. The summed E-state index contributed by atoms with van der Waals surface area (Å²) in [7, 11) is -4.67. The second-order valence-electron chi connectivity index (χ2n) is 7.20. The molecule has 7 heteroatoms.